The van der Waals surface area contributed by atoms with Crippen LogP contribution in [0.5, 0.6) is 0 Å². The third-order valence-electron chi connectivity index (χ3n) is 3.00. The van der Waals surface area contributed by atoms with Crippen LogP contribution in [0.25, 0.3) is 0 Å². The SMILES string of the molecule is CC(C)c1csc(C(N)c2ccccc2C(F)(F)F)n1. The summed E-state index contributed by atoms with van der Waals surface area (Å²) in [4.78, 5) is 4.34. The zero-order chi connectivity index (χ0) is 14.9. The van der Waals surface area contributed by atoms with E-state index in [9.17, 15) is 13.2 Å². The first-order valence-corrected chi connectivity index (χ1v) is 7.05. The smallest absolute Gasteiger partial charge is 0.318 e. The van der Waals surface area contributed by atoms with Crippen molar-refractivity contribution in [3.8, 4) is 0 Å². The molecule has 0 saturated carbocycles. The Kier molecular flexibility index (Phi) is 4.15. The summed E-state index contributed by atoms with van der Waals surface area (Å²) in [5.41, 5.74) is 6.19. The topological polar surface area (TPSA) is 38.9 Å². The first-order chi connectivity index (χ1) is 9.30. The quantitative estimate of drug-likeness (QED) is 0.916. The van der Waals surface area contributed by atoms with Crippen LogP contribution in [0, 0.1) is 0 Å². The fraction of sp³-hybridized carbons (Fsp3) is 0.357. The van der Waals surface area contributed by atoms with Crippen LogP contribution < -0.4 is 5.73 Å². The van der Waals surface area contributed by atoms with Crippen molar-refractivity contribution in [2.45, 2.75) is 32.0 Å². The van der Waals surface area contributed by atoms with Gasteiger partial charge >= 0.3 is 6.18 Å². The second-order valence-electron chi connectivity index (χ2n) is 4.83. The summed E-state index contributed by atoms with van der Waals surface area (Å²) < 4.78 is 39.0. The Hall–Kier alpha value is -1.40. The zero-order valence-electron chi connectivity index (χ0n) is 11.1. The second-order valence-corrected chi connectivity index (χ2v) is 5.72. The molecule has 0 bridgehead atoms. The number of alkyl halides is 3. The average Bonchev–Trinajstić information content (AvgIpc) is 2.86. The Bertz CT molecular complexity index is 590. The summed E-state index contributed by atoms with van der Waals surface area (Å²) in [6.45, 7) is 3.96. The molecule has 6 heteroatoms. The standard InChI is InChI=1S/C14H15F3N2S/c1-8(2)11-7-20-13(19-11)12(18)9-5-3-4-6-10(9)14(15,16)17/h3-8,12H,18H2,1-2H3. The average molecular weight is 300 g/mol. The maximum absolute atomic E-state index is 13.0. The van der Waals surface area contributed by atoms with E-state index in [1.54, 1.807) is 6.07 Å². The number of aromatic nitrogens is 1. The van der Waals surface area contributed by atoms with Crippen molar-refractivity contribution in [2.24, 2.45) is 5.73 Å². The lowest BCUT2D eigenvalue weighted by atomic mass is 10.0. The highest BCUT2D eigenvalue weighted by atomic mass is 32.1. The molecule has 2 N–H and O–H groups in total. The summed E-state index contributed by atoms with van der Waals surface area (Å²) in [5.74, 6) is 0.227. The molecule has 0 aliphatic rings. The molecule has 0 aliphatic carbocycles. The van der Waals surface area contributed by atoms with Crippen LogP contribution in [0.4, 0.5) is 13.2 Å². The van der Waals surface area contributed by atoms with Gasteiger partial charge in [0.15, 0.2) is 0 Å². The van der Waals surface area contributed by atoms with E-state index in [1.165, 1.54) is 23.5 Å². The van der Waals surface area contributed by atoms with Crippen LogP contribution >= 0.6 is 11.3 Å². The third-order valence-corrected chi connectivity index (χ3v) is 3.94. The molecule has 0 spiro atoms. The van der Waals surface area contributed by atoms with Crippen molar-refractivity contribution >= 4 is 11.3 Å². The molecule has 20 heavy (non-hydrogen) atoms. The van der Waals surface area contributed by atoms with E-state index in [2.05, 4.69) is 4.98 Å². The number of nitrogens with zero attached hydrogens (tertiary/aromatic N) is 1. The molecule has 0 saturated heterocycles. The van der Waals surface area contributed by atoms with Gasteiger partial charge < -0.3 is 5.73 Å². The van der Waals surface area contributed by atoms with Gasteiger partial charge in [-0.25, -0.2) is 4.98 Å². The molecule has 0 amide bonds. The minimum Gasteiger partial charge on any atom is -0.318 e. The largest absolute Gasteiger partial charge is 0.416 e. The summed E-state index contributed by atoms with van der Waals surface area (Å²) in [5, 5.41) is 2.35. The van der Waals surface area contributed by atoms with E-state index >= 15 is 0 Å². The molecular weight excluding hydrogens is 285 g/mol. The van der Waals surface area contributed by atoms with Crippen LogP contribution in [0.3, 0.4) is 0 Å². The van der Waals surface area contributed by atoms with Crippen LogP contribution in [-0.2, 0) is 6.18 Å². The van der Waals surface area contributed by atoms with Crippen molar-refractivity contribution in [1.29, 1.82) is 0 Å². The molecule has 2 rings (SSSR count). The minimum absolute atomic E-state index is 0.0599. The summed E-state index contributed by atoms with van der Waals surface area (Å²) >= 11 is 1.30. The third kappa shape index (κ3) is 3.02. The maximum Gasteiger partial charge on any atom is 0.416 e. The zero-order valence-corrected chi connectivity index (χ0v) is 11.9. The number of nitrogens with two attached hydrogens (primary N) is 1. The van der Waals surface area contributed by atoms with E-state index in [4.69, 9.17) is 5.73 Å². The molecule has 1 aromatic heterocycles. The van der Waals surface area contributed by atoms with Gasteiger partial charge in [-0.15, -0.1) is 11.3 Å². The van der Waals surface area contributed by atoms with E-state index in [0.29, 0.717) is 5.01 Å². The molecule has 108 valence electrons. The number of hydrogen-bond acceptors (Lipinski definition) is 3. The van der Waals surface area contributed by atoms with Crippen LogP contribution in [-0.4, -0.2) is 4.98 Å². The van der Waals surface area contributed by atoms with E-state index in [-0.39, 0.29) is 11.5 Å². The van der Waals surface area contributed by atoms with Crippen molar-refractivity contribution in [3.63, 3.8) is 0 Å². The Morgan fingerprint density at radius 2 is 1.85 bits per heavy atom. The van der Waals surface area contributed by atoms with Gasteiger partial charge in [-0.3, -0.25) is 0 Å². The number of thiazole rings is 1. The highest BCUT2D eigenvalue weighted by Gasteiger charge is 2.35. The predicted molar refractivity (Wildman–Crippen MR) is 73.7 cm³/mol. The second kappa shape index (κ2) is 5.54. The Labute approximate surface area is 119 Å². The molecule has 0 fully saturated rings. The van der Waals surface area contributed by atoms with E-state index < -0.39 is 17.8 Å². The molecule has 1 heterocycles. The molecule has 0 aliphatic heterocycles. The van der Waals surface area contributed by atoms with Gasteiger partial charge in [0.2, 0.25) is 0 Å². The molecule has 1 unspecified atom stereocenters. The normalized spacial score (nSPS) is 13.8. The number of halogens is 3. The first-order valence-electron chi connectivity index (χ1n) is 6.17. The molecule has 2 aromatic rings. The fourth-order valence-electron chi connectivity index (χ4n) is 1.87. The van der Waals surface area contributed by atoms with E-state index in [1.807, 2.05) is 19.2 Å². The van der Waals surface area contributed by atoms with E-state index in [0.717, 1.165) is 11.8 Å². The van der Waals surface area contributed by atoms with Crippen LogP contribution in [0.15, 0.2) is 29.6 Å². The van der Waals surface area contributed by atoms with Crippen molar-refractivity contribution in [1.82, 2.24) is 4.98 Å². The number of benzene rings is 1. The Morgan fingerprint density at radius 1 is 1.20 bits per heavy atom. The maximum atomic E-state index is 13.0. The van der Waals surface area contributed by atoms with Gasteiger partial charge in [-0.2, -0.15) is 13.2 Å². The molecule has 1 aromatic carbocycles. The highest BCUT2D eigenvalue weighted by Crippen LogP contribution is 2.36. The van der Waals surface area contributed by atoms with Crippen molar-refractivity contribution < 1.29 is 13.2 Å². The van der Waals surface area contributed by atoms with Gasteiger partial charge in [-0.05, 0) is 17.5 Å². The summed E-state index contributed by atoms with van der Waals surface area (Å²) in [6, 6.07) is 4.52. The molecule has 1 atom stereocenters. The molecule has 2 nitrogen and oxygen atoms in total. The van der Waals surface area contributed by atoms with Gasteiger partial charge in [-0.1, -0.05) is 32.0 Å². The summed E-state index contributed by atoms with van der Waals surface area (Å²) in [7, 11) is 0. The van der Waals surface area contributed by atoms with Crippen LogP contribution in [0.2, 0.25) is 0 Å². The van der Waals surface area contributed by atoms with Crippen LogP contribution in [0.1, 0.15) is 47.6 Å². The lowest BCUT2D eigenvalue weighted by molar-refractivity contribution is -0.138. The van der Waals surface area contributed by atoms with Gasteiger partial charge in [0.25, 0.3) is 0 Å². The van der Waals surface area contributed by atoms with Gasteiger partial charge in [0, 0.05) is 5.38 Å². The summed E-state index contributed by atoms with van der Waals surface area (Å²) in [6.07, 6.45) is -4.41. The monoisotopic (exact) mass is 300 g/mol. The number of rotatable bonds is 3. The lowest BCUT2D eigenvalue weighted by Gasteiger charge is -2.16. The molecule has 0 radical (unpaired) electrons. The fourth-order valence-corrected chi connectivity index (χ4v) is 2.87. The van der Waals surface area contributed by atoms with Crippen molar-refractivity contribution in [3.05, 3.63) is 51.5 Å². The van der Waals surface area contributed by atoms with Gasteiger partial charge in [0.1, 0.15) is 5.01 Å². The van der Waals surface area contributed by atoms with Gasteiger partial charge in [0.05, 0.1) is 17.3 Å². The first kappa shape index (κ1) is 15.0. The Balaban J connectivity index is 2.40. The minimum atomic E-state index is -4.41. The van der Waals surface area contributed by atoms with Crippen molar-refractivity contribution in [2.75, 3.05) is 0 Å². The highest BCUT2D eigenvalue weighted by molar-refractivity contribution is 7.09. The lowest BCUT2D eigenvalue weighted by Crippen LogP contribution is -2.18. The number of hydrogen-bond donors (Lipinski definition) is 1. The Morgan fingerprint density at radius 3 is 2.40 bits per heavy atom. The predicted octanol–water partition coefficient (Wildman–Crippen LogP) is 4.33. The molecular formula is C14H15F3N2S.